The molecular formula is C47H74O19. The standard InChI is InChI=1S/C47H74O19/c1-42(19-49)15-22-21-7-8-26-44(3)11-10-28(45(4,20-50)25(44)9-12-47(26,6)46(21,5)14-13-43(22,2)27(52)16-42)63-41-37(33(57)32(56)35(64-41)38(59)60)66-40-36(29(53)23(51)18-61-40)65-39-34(58)31(55)30(54)24(17-48)62-39/h7,22-26,28-37,39-41,48-51,53-58H,8-20H2,1-6H3,(H,59,60)/t22-,23-,24+,25+,26+,28-,29-,30+,31-,32-,33-,34+,35-,36+,37+,39-,40-,41+,42-,43+,44-,45+,46+,47+/m0/s1. The summed E-state index contributed by atoms with van der Waals surface area (Å²) < 4.78 is 35.8. The fourth-order valence-corrected chi connectivity index (χ4v) is 14.7. The Balaban J connectivity index is 1.06. The zero-order valence-corrected chi connectivity index (χ0v) is 38.8. The predicted molar refractivity (Wildman–Crippen MR) is 226 cm³/mol. The van der Waals surface area contributed by atoms with Crippen LogP contribution in [0.2, 0.25) is 0 Å². The maximum absolute atomic E-state index is 13.8. The number of carboxylic acid groups (broad SMARTS) is 1. The smallest absolute Gasteiger partial charge is 0.335 e. The normalized spacial score (nSPS) is 55.2. The third kappa shape index (κ3) is 7.69. The van der Waals surface area contributed by atoms with Crippen LogP contribution in [0.5, 0.6) is 0 Å². The Morgan fingerprint density at radius 1 is 0.727 bits per heavy atom. The molecular weight excluding hydrogens is 868 g/mol. The minimum absolute atomic E-state index is 0.0286. The summed E-state index contributed by atoms with van der Waals surface area (Å²) in [4.78, 5) is 26.3. The van der Waals surface area contributed by atoms with Crippen LogP contribution in [-0.4, -0.2) is 186 Å². The maximum atomic E-state index is 13.8. The molecule has 0 spiro atoms. The number of carboxylic acids is 1. The van der Waals surface area contributed by atoms with Gasteiger partial charge in [0.25, 0.3) is 0 Å². The van der Waals surface area contributed by atoms with Crippen molar-refractivity contribution in [1.82, 2.24) is 0 Å². The molecule has 0 aromatic carbocycles. The summed E-state index contributed by atoms with van der Waals surface area (Å²) in [6.07, 6.45) is -17.4. The third-order valence-corrected chi connectivity index (χ3v) is 19.1. The number of aliphatic hydroxyl groups is 10. The number of aliphatic hydroxyl groups excluding tert-OH is 10. The van der Waals surface area contributed by atoms with Crippen molar-refractivity contribution >= 4 is 11.8 Å². The average molecular weight is 943 g/mol. The molecule has 4 saturated carbocycles. The number of ketones is 1. The van der Waals surface area contributed by atoms with Gasteiger partial charge in [0.1, 0.15) is 66.8 Å². The summed E-state index contributed by atoms with van der Waals surface area (Å²) in [7, 11) is 0. The first-order valence-electron chi connectivity index (χ1n) is 23.8. The van der Waals surface area contributed by atoms with Gasteiger partial charge in [0, 0.05) is 23.9 Å². The fourth-order valence-electron chi connectivity index (χ4n) is 14.7. The van der Waals surface area contributed by atoms with Crippen LogP contribution in [0.15, 0.2) is 11.6 Å². The van der Waals surface area contributed by atoms with Crippen molar-refractivity contribution in [1.29, 1.82) is 0 Å². The van der Waals surface area contributed by atoms with Gasteiger partial charge in [0.2, 0.25) is 0 Å². The van der Waals surface area contributed by atoms with E-state index in [0.717, 1.165) is 38.5 Å². The quantitative estimate of drug-likeness (QED) is 0.0972. The van der Waals surface area contributed by atoms with Gasteiger partial charge < -0.3 is 84.6 Å². The van der Waals surface area contributed by atoms with Crippen LogP contribution < -0.4 is 0 Å². The van der Waals surface area contributed by atoms with Crippen LogP contribution in [0.25, 0.3) is 0 Å². The molecule has 376 valence electrons. The summed E-state index contributed by atoms with van der Waals surface area (Å²) in [6, 6.07) is 0. The van der Waals surface area contributed by atoms with Gasteiger partial charge in [-0.1, -0.05) is 53.2 Å². The minimum Gasteiger partial charge on any atom is -0.479 e. The molecule has 8 rings (SSSR count). The van der Waals surface area contributed by atoms with Crippen LogP contribution in [0, 0.1) is 50.2 Å². The number of carbonyl (C=O) groups excluding carboxylic acids is 1. The molecule has 11 N–H and O–H groups in total. The van der Waals surface area contributed by atoms with Crippen LogP contribution in [0.3, 0.4) is 0 Å². The molecule has 3 saturated heterocycles. The molecule has 3 heterocycles. The van der Waals surface area contributed by atoms with E-state index in [9.17, 15) is 65.8 Å². The second-order valence-electron chi connectivity index (χ2n) is 22.8. The lowest BCUT2D eigenvalue weighted by Gasteiger charge is -2.71. The van der Waals surface area contributed by atoms with Gasteiger partial charge in [-0.25, -0.2) is 4.79 Å². The number of Topliss-reactive ketones (excluding diaryl/α,β-unsaturated/α-hetero) is 1. The molecule has 0 aromatic heterocycles. The van der Waals surface area contributed by atoms with Gasteiger partial charge in [-0.3, -0.25) is 4.79 Å². The van der Waals surface area contributed by atoms with Gasteiger partial charge in [-0.05, 0) is 90.8 Å². The summed E-state index contributed by atoms with van der Waals surface area (Å²) in [5.41, 5.74) is -1.28. The molecule has 66 heavy (non-hydrogen) atoms. The summed E-state index contributed by atoms with van der Waals surface area (Å²) in [6.45, 7) is 11.5. The Hall–Kier alpha value is -1.76. The van der Waals surface area contributed by atoms with E-state index in [2.05, 4.69) is 33.8 Å². The second-order valence-corrected chi connectivity index (χ2v) is 22.8. The number of hydrogen-bond donors (Lipinski definition) is 11. The van der Waals surface area contributed by atoms with Crippen LogP contribution in [-0.2, 0) is 38.0 Å². The molecule has 19 heteroatoms. The number of ether oxygens (including phenoxy) is 6. The zero-order chi connectivity index (χ0) is 48.3. The van der Waals surface area contributed by atoms with Gasteiger partial charge in [-0.2, -0.15) is 0 Å². The Morgan fingerprint density at radius 3 is 2.06 bits per heavy atom. The predicted octanol–water partition coefficient (Wildman–Crippen LogP) is -0.503. The first-order valence-corrected chi connectivity index (χ1v) is 23.8. The van der Waals surface area contributed by atoms with Crippen molar-refractivity contribution in [3.05, 3.63) is 11.6 Å². The Labute approximate surface area is 385 Å². The zero-order valence-electron chi connectivity index (χ0n) is 38.8. The highest BCUT2D eigenvalue weighted by Gasteiger charge is 2.70. The van der Waals surface area contributed by atoms with Gasteiger partial charge in [-0.15, -0.1) is 0 Å². The van der Waals surface area contributed by atoms with E-state index in [1.165, 1.54) is 5.57 Å². The number of fused-ring (bicyclic) bond motifs is 7. The first-order chi connectivity index (χ1) is 30.9. The fraction of sp³-hybridized carbons (Fsp3) is 0.915. The van der Waals surface area contributed by atoms with Crippen molar-refractivity contribution in [3.8, 4) is 0 Å². The molecule has 7 fully saturated rings. The van der Waals surface area contributed by atoms with Crippen molar-refractivity contribution in [2.45, 2.75) is 191 Å². The summed E-state index contributed by atoms with van der Waals surface area (Å²) in [5, 5.41) is 117. The Bertz CT molecular complexity index is 1850. The molecule has 0 bridgehead atoms. The largest absolute Gasteiger partial charge is 0.479 e. The number of rotatable bonds is 10. The van der Waals surface area contributed by atoms with E-state index in [0.29, 0.717) is 19.3 Å². The van der Waals surface area contributed by atoms with Crippen molar-refractivity contribution in [2.75, 3.05) is 26.4 Å². The molecule has 5 aliphatic carbocycles. The number of aliphatic carboxylic acids is 1. The summed E-state index contributed by atoms with van der Waals surface area (Å²) >= 11 is 0. The Morgan fingerprint density at radius 2 is 1.41 bits per heavy atom. The minimum atomic E-state index is -2.06. The monoisotopic (exact) mass is 942 g/mol. The van der Waals surface area contributed by atoms with Crippen LogP contribution in [0.4, 0.5) is 0 Å². The highest BCUT2D eigenvalue weighted by atomic mass is 16.8. The van der Waals surface area contributed by atoms with Gasteiger partial charge >= 0.3 is 5.97 Å². The molecule has 0 unspecified atom stereocenters. The van der Waals surface area contributed by atoms with E-state index in [1.807, 2.05) is 13.8 Å². The lowest BCUT2D eigenvalue weighted by molar-refractivity contribution is -0.388. The number of carbonyl (C=O) groups is 2. The van der Waals surface area contributed by atoms with E-state index >= 15 is 0 Å². The highest BCUT2D eigenvalue weighted by Crippen LogP contribution is 2.75. The maximum Gasteiger partial charge on any atom is 0.335 e. The molecule has 0 aromatic rings. The van der Waals surface area contributed by atoms with E-state index in [-0.39, 0.29) is 53.0 Å². The first kappa shape index (κ1) is 50.6. The lowest BCUT2D eigenvalue weighted by atomic mass is 9.33. The van der Waals surface area contributed by atoms with Gasteiger partial charge in [0.15, 0.2) is 25.0 Å². The molecule has 19 nitrogen and oxygen atoms in total. The molecule has 0 radical (unpaired) electrons. The van der Waals surface area contributed by atoms with E-state index in [4.69, 9.17) is 28.4 Å². The highest BCUT2D eigenvalue weighted by molar-refractivity contribution is 5.87. The average Bonchev–Trinajstić information content (AvgIpc) is 3.27. The number of hydrogen-bond acceptors (Lipinski definition) is 18. The SMILES string of the molecule is C[C@@]1(CO)CC(=O)[C@]2(C)CC[C@]3(C)C(=CC[C@@H]4[C@@]5(C)CC[C@H](O[C@@H]6O[C@H](C(=O)O)[C@@H](O)[C@H](O)[C@H]6O[C@@H]6OC[C@H](O)[C@H](O)[C@H]6O[C@@H]6O[C@H](CO)[C@@H](O)[C@H](O)[C@H]6O)[C@](C)(CO)[C@@H]5CC[C@]43C)[C@@H]2C1. The molecule has 3 aliphatic heterocycles. The molecule has 8 aliphatic rings. The van der Waals surface area contributed by atoms with E-state index in [1.54, 1.807) is 0 Å². The molecule has 24 atom stereocenters. The van der Waals surface area contributed by atoms with Crippen molar-refractivity contribution in [2.24, 2.45) is 50.2 Å². The topological polar surface area (TPSA) is 312 Å². The van der Waals surface area contributed by atoms with Crippen LogP contribution >= 0.6 is 0 Å². The molecule has 0 amide bonds. The van der Waals surface area contributed by atoms with Crippen molar-refractivity contribution < 1.29 is 94.2 Å². The summed E-state index contributed by atoms with van der Waals surface area (Å²) in [5.74, 6) is -1.28. The number of allylic oxidation sites excluding steroid dienone is 2. The van der Waals surface area contributed by atoms with E-state index < -0.39 is 128 Å². The van der Waals surface area contributed by atoms with Crippen LogP contribution in [0.1, 0.15) is 99.3 Å². The van der Waals surface area contributed by atoms with Gasteiger partial charge in [0.05, 0.1) is 25.9 Å². The Kier molecular flexibility index (Phi) is 13.7. The third-order valence-electron chi connectivity index (χ3n) is 19.1. The second kappa shape index (κ2) is 17.8. The van der Waals surface area contributed by atoms with Crippen molar-refractivity contribution in [3.63, 3.8) is 0 Å². The lowest BCUT2D eigenvalue weighted by Crippen LogP contribution is -2.68.